The van der Waals surface area contributed by atoms with E-state index in [1.807, 2.05) is 39.1 Å². The average Bonchev–Trinajstić information content (AvgIpc) is 3.05. The van der Waals surface area contributed by atoms with Crippen LogP contribution < -0.4 is 10.1 Å². The number of hydrogen-bond donors (Lipinski definition) is 1. The van der Waals surface area contributed by atoms with Crippen molar-refractivity contribution in [2.75, 3.05) is 26.9 Å². The van der Waals surface area contributed by atoms with Crippen LogP contribution in [0.3, 0.4) is 0 Å². The van der Waals surface area contributed by atoms with Crippen molar-refractivity contribution in [3.63, 3.8) is 0 Å². The summed E-state index contributed by atoms with van der Waals surface area (Å²) in [5, 5.41) is 8.46. The van der Waals surface area contributed by atoms with Gasteiger partial charge in [-0.1, -0.05) is 12.1 Å². The fourth-order valence-electron chi connectivity index (χ4n) is 4.37. The summed E-state index contributed by atoms with van der Waals surface area (Å²) in [6.07, 6.45) is 1.71. The number of carbonyl (C=O) groups excluding carboxylic acids is 1. The predicted molar refractivity (Wildman–Crippen MR) is 115 cm³/mol. The maximum absolute atomic E-state index is 13.3. The summed E-state index contributed by atoms with van der Waals surface area (Å²) in [7, 11) is 3.52. The molecular formula is C23H28N4O3. The highest BCUT2D eigenvalue weighted by molar-refractivity contribution is 6.06. The maximum atomic E-state index is 13.3. The minimum absolute atomic E-state index is 0.0963. The van der Waals surface area contributed by atoms with E-state index in [4.69, 9.17) is 9.47 Å². The highest BCUT2D eigenvalue weighted by atomic mass is 16.5. The molecule has 0 bridgehead atoms. The Morgan fingerprint density at radius 2 is 1.93 bits per heavy atom. The minimum atomic E-state index is -0.161. The van der Waals surface area contributed by atoms with Crippen molar-refractivity contribution in [2.24, 2.45) is 7.05 Å². The molecular weight excluding hydrogens is 380 g/mol. The van der Waals surface area contributed by atoms with Gasteiger partial charge in [0.2, 0.25) is 0 Å². The summed E-state index contributed by atoms with van der Waals surface area (Å²) in [5.41, 5.74) is 3.99. The molecule has 7 heteroatoms. The van der Waals surface area contributed by atoms with E-state index in [1.54, 1.807) is 11.8 Å². The second kappa shape index (κ2) is 8.07. The van der Waals surface area contributed by atoms with Gasteiger partial charge in [0, 0.05) is 37.9 Å². The molecule has 158 valence electrons. The zero-order valence-electron chi connectivity index (χ0n) is 18.0. The highest BCUT2D eigenvalue weighted by Gasteiger charge is 2.35. The first-order chi connectivity index (χ1) is 14.4. The molecule has 4 rings (SSSR count). The van der Waals surface area contributed by atoms with E-state index in [1.165, 1.54) is 5.56 Å². The van der Waals surface area contributed by atoms with E-state index in [0.717, 1.165) is 41.0 Å². The maximum Gasteiger partial charge on any atom is 0.252 e. The lowest BCUT2D eigenvalue weighted by atomic mass is 9.74. The third-order valence-corrected chi connectivity index (χ3v) is 6.08. The van der Waals surface area contributed by atoms with Crippen LogP contribution in [0.15, 0.2) is 30.3 Å². The van der Waals surface area contributed by atoms with Gasteiger partial charge in [0.25, 0.3) is 5.91 Å². The van der Waals surface area contributed by atoms with Crippen LogP contribution >= 0.6 is 0 Å². The van der Waals surface area contributed by atoms with E-state index in [2.05, 4.69) is 27.5 Å². The van der Waals surface area contributed by atoms with Gasteiger partial charge in [-0.15, -0.1) is 0 Å². The van der Waals surface area contributed by atoms with Crippen molar-refractivity contribution in [1.82, 2.24) is 20.1 Å². The van der Waals surface area contributed by atoms with Crippen LogP contribution in [0.2, 0.25) is 0 Å². The summed E-state index contributed by atoms with van der Waals surface area (Å²) in [4.78, 5) is 17.8. The Morgan fingerprint density at radius 3 is 2.60 bits per heavy atom. The van der Waals surface area contributed by atoms with Crippen molar-refractivity contribution in [1.29, 1.82) is 0 Å². The molecule has 0 radical (unpaired) electrons. The quantitative estimate of drug-likeness (QED) is 0.702. The number of carbonyl (C=O) groups is 1. The van der Waals surface area contributed by atoms with Crippen molar-refractivity contribution < 1.29 is 14.3 Å². The largest absolute Gasteiger partial charge is 0.497 e. The first-order valence-electron chi connectivity index (χ1n) is 10.2. The number of aromatic nitrogens is 3. The first kappa shape index (κ1) is 20.3. The molecule has 3 heterocycles. The molecule has 0 atom stereocenters. The molecule has 1 aromatic carbocycles. The van der Waals surface area contributed by atoms with Gasteiger partial charge in [-0.3, -0.25) is 9.48 Å². The zero-order valence-corrected chi connectivity index (χ0v) is 18.0. The molecule has 1 aliphatic heterocycles. The van der Waals surface area contributed by atoms with Gasteiger partial charge in [-0.2, -0.15) is 5.10 Å². The number of nitrogens with one attached hydrogen (secondary N) is 1. The van der Waals surface area contributed by atoms with E-state index in [-0.39, 0.29) is 11.3 Å². The average molecular weight is 409 g/mol. The number of rotatable bonds is 5. The van der Waals surface area contributed by atoms with Gasteiger partial charge >= 0.3 is 0 Å². The molecule has 0 aliphatic carbocycles. The van der Waals surface area contributed by atoms with Crippen LogP contribution in [-0.2, 0) is 17.2 Å². The van der Waals surface area contributed by atoms with Crippen LogP contribution in [0.25, 0.3) is 11.0 Å². The van der Waals surface area contributed by atoms with E-state index >= 15 is 0 Å². The summed E-state index contributed by atoms with van der Waals surface area (Å²) in [6, 6.07) is 9.98. The van der Waals surface area contributed by atoms with Crippen molar-refractivity contribution in [3.8, 4) is 5.75 Å². The lowest BCUT2D eigenvalue weighted by Gasteiger charge is -2.38. The smallest absolute Gasteiger partial charge is 0.252 e. The van der Waals surface area contributed by atoms with Gasteiger partial charge in [0.1, 0.15) is 5.75 Å². The number of amides is 1. The Morgan fingerprint density at radius 1 is 1.23 bits per heavy atom. The number of nitrogens with zero attached hydrogens (tertiary/aromatic N) is 3. The first-order valence-corrected chi connectivity index (χ1v) is 10.2. The zero-order chi connectivity index (χ0) is 21.3. The number of methoxy groups -OCH3 is 1. The van der Waals surface area contributed by atoms with Gasteiger partial charge in [-0.05, 0) is 50.5 Å². The molecule has 30 heavy (non-hydrogen) atoms. The van der Waals surface area contributed by atoms with Crippen molar-refractivity contribution in [2.45, 2.75) is 32.1 Å². The molecule has 1 amide bonds. The molecule has 2 aromatic heterocycles. The summed E-state index contributed by atoms with van der Waals surface area (Å²) in [6.45, 7) is 5.72. The standard InChI is InChI=1S/C23H28N4O3/c1-15-13-19(20-16(2)26-27(3)21(20)25-15)22(28)24-14-23(9-11-30-12-10-23)17-5-7-18(29-4)8-6-17/h5-8,13H,9-12,14H2,1-4H3,(H,24,28). The molecule has 0 unspecified atom stereocenters. The normalized spacial score (nSPS) is 15.9. The van der Waals surface area contributed by atoms with Crippen LogP contribution in [0.5, 0.6) is 5.75 Å². The Hall–Kier alpha value is -2.93. The Balaban J connectivity index is 1.63. The Labute approximate surface area is 176 Å². The van der Waals surface area contributed by atoms with Crippen LogP contribution in [-0.4, -0.2) is 47.5 Å². The number of fused-ring (bicyclic) bond motifs is 1. The highest BCUT2D eigenvalue weighted by Crippen LogP contribution is 2.35. The van der Waals surface area contributed by atoms with Crippen LogP contribution in [0, 0.1) is 13.8 Å². The third-order valence-electron chi connectivity index (χ3n) is 6.08. The summed E-state index contributed by atoms with van der Waals surface area (Å²) < 4.78 is 12.6. The SMILES string of the molecule is COc1ccc(C2(CNC(=O)c3cc(C)nc4c3c(C)nn4C)CCOCC2)cc1. The third kappa shape index (κ3) is 3.65. The number of benzene rings is 1. The number of aryl methyl sites for hydroxylation is 3. The molecule has 0 spiro atoms. The van der Waals surface area contributed by atoms with E-state index in [0.29, 0.717) is 25.3 Å². The number of hydrogen-bond acceptors (Lipinski definition) is 5. The summed E-state index contributed by atoms with van der Waals surface area (Å²) >= 11 is 0. The van der Waals surface area contributed by atoms with Crippen molar-refractivity contribution >= 4 is 16.9 Å². The van der Waals surface area contributed by atoms with Crippen molar-refractivity contribution in [3.05, 3.63) is 52.8 Å². The minimum Gasteiger partial charge on any atom is -0.497 e. The molecule has 1 saturated heterocycles. The Kier molecular flexibility index (Phi) is 5.47. The number of pyridine rings is 1. The topological polar surface area (TPSA) is 78.3 Å². The van der Waals surface area contributed by atoms with E-state index < -0.39 is 0 Å². The molecule has 7 nitrogen and oxygen atoms in total. The number of ether oxygens (including phenoxy) is 2. The Bertz CT molecular complexity index is 1070. The van der Waals surface area contributed by atoms with Crippen LogP contribution in [0.1, 0.15) is 40.2 Å². The van der Waals surface area contributed by atoms with Crippen LogP contribution in [0.4, 0.5) is 0 Å². The van der Waals surface area contributed by atoms with E-state index in [9.17, 15) is 4.79 Å². The summed E-state index contributed by atoms with van der Waals surface area (Å²) in [5.74, 6) is 0.729. The van der Waals surface area contributed by atoms with Gasteiger partial charge in [0.05, 0.1) is 23.8 Å². The predicted octanol–water partition coefficient (Wildman–Crippen LogP) is 3.07. The fraction of sp³-hybridized carbons (Fsp3) is 0.435. The lowest BCUT2D eigenvalue weighted by molar-refractivity contribution is 0.0487. The van der Waals surface area contributed by atoms with Gasteiger partial charge in [0.15, 0.2) is 5.65 Å². The molecule has 3 aromatic rings. The van der Waals surface area contributed by atoms with Gasteiger partial charge < -0.3 is 14.8 Å². The fourth-order valence-corrected chi connectivity index (χ4v) is 4.37. The molecule has 1 fully saturated rings. The second-order valence-corrected chi connectivity index (χ2v) is 8.02. The molecule has 0 saturated carbocycles. The monoisotopic (exact) mass is 408 g/mol. The molecule has 1 aliphatic rings. The van der Waals surface area contributed by atoms with Gasteiger partial charge in [-0.25, -0.2) is 4.98 Å². The molecule has 1 N–H and O–H groups in total. The second-order valence-electron chi connectivity index (χ2n) is 8.02. The lowest BCUT2D eigenvalue weighted by Crippen LogP contribution is -2.44.